The Kier molecular flexibility index (Phi) is 2.93. The third kappa shape index (κ3) is 2.33. The predicted octanol–water partition coefficient (Wildman–Crippen LogP) is 3.33. The molecule has 2 nitrogen and oxygen atoms in total. The number of phenols is 1. The highest BCUT2D eigenvalue weighted by molar-refractivity contribution is 5.35. The molecule has 0 saturated heterocycles. The largest absolute Gasteiger partial charge is 0.508 e. The minimum absolute atomic E-state index is 0.240. The van der Waals surface area contributed by atoms with Gasteiger partial charge in [0.2, 0.25) is 0 Å². The molecule has 0 radical (unpaired) electrons. The van der Waals surface area contributed by atoms with Crippen LogP contribution in [-0.4, -0.2) is 11.2 Å². The number of aromatic hydroxyl groups is 1. The maximum Gasteiger partial charge on any atom is 0.122 e. The van der Waals surface area contributed by atoms with Crippen molar-refractivity contribution in [2.24, 2.45) is 0 Å². The van der Waals surface area contributed by atoms with Gasteiger partial charge in [-0.25, -0.2) is 0 Å². The fourth-order valence-corrected chi connectivity index (χ4v) is 2.42. The number of fused-ring (bicyclic) bond motifs is 1. The molecule has 2 heteroatoms. The quantitative estimate of drug-likeness (QED) is 0.872. The summed E-state index contributed by atoms with van der Waals surface area (Å²) in [5.74, 6) is 1.33. The summed E-state index contributed by atoms with van der Waals surface area (Å²) in [7, 11) is 0. The van der Waals surface area contributed by atoms with Crippen molar-refractivity contribution in [1.82, 2.24) is 0 Å². The summed E-state index contributed by atoms with van der Waals surface area (Å²) < 4.78 is 6.00. The minimum atomic E-state index is 0.240. The summed E-state index contributed by atoms with van der Waals surface area (Å²) in [6, 6.07) is 15.6. The molecule has 0 aliphatic carbocycles. The van der Waals surface area contributed by atoms with Crippen molar-refractivity contribution < 1.29 is 9.84 Å². The molecule has 1 aliphatic rings. The molecule has 0 aromatic heterocycles. The van der Waals surface area contributed by atoms with Crippen LogP contribution in [0.4, 0.5) is 0 Å². The highest BCUT2D eigenvalue weighted by Crippen LogP contribution is 2.28. The first kappa shape index (κ1) is 11.1. The van der Waals surface area contributed by atoms with Crippen LogP contribution in [0.3, 0.4) is 0 Å². The first-order valence-electron chi connectivity index (χ1n) is 6.34. The Morgan fingerprint density at radius 3 is 2.67 bits per heavy atom. The van der Waals surface area contributed by atoms with E-state index < -0.39 is 0 Å². The molecule has 92 valence electrons. The highest BCUT2D eigenvalue weighted by atomic mass is 16.5. The SMILES string of the molecule is Oc1ccc(C[C@H]2CCc3ccccc3O2)cc1. The van der Waals surface area contributed by atoms with Gasteiger partial charge in [0, 0.05) is 6.42 Å². The van der Waals surface area contributed by atoms with Crippen LogP contribution in [0.5, 0.6) is 11.5 Å². The summed E-state index contributed by atoms with van der Waals surface area (Å²) in [4.78, 5) is 0. The zero-order chi connectivity index (χ0) is 12.4. The van der Waals surface area contributed by atoms with E-state index in [2.05, 4.69) is 12.1 Å². The Morgan fingerprint density at radius 2 is 1.83 bits per heavy atom. The molecule has 1 aliphatic heterocycles. The summed E-state index contributed by atoms with van der Waals surface area (Å²) in [6.07, 6.45) is 3.27. The summed E-state index contributed by atoms with van der Waals surface area (Å²) in [5, 5.41) is 9.26. The standard InChI is InChI=1S/C16H16O2/c17-14-8-5-12(6-9-14)11-15-10-7-13-3-1-2-4-16(13)18-15/h1-6,8-9,15,17H,7,10-11H2/t15-/m1/s1. The number of para-hydroxylation sites is 1. The summed E-state index contributed by atoms with van der Waals surface area (Å²) in [6.45, 7) is 0. The van der Waals surface area contributed by atoms with E-state index in [4.69, 9.17) is 4.74 Å². The number of phenolic OH excluding ortho intramolecular Hbond substituents is 1. The normalized spacial score (nSPS) is 17.9. The van der Waals surface area contributed by atoms with Gasteiger partial charge in [-0.1, -0.05) is 30.3 Å². The van der Waals surface area contributed by atoms with Crippen LogP contribution in [0.1, 0.15) is 17.5 Å². The third-order valence-electron chi connectivity index (χ3n) is 3.40. The van der Waals surface area contributed by atoms with E-state index in [0.29, 0.717) is 5.75 Å². The Labute approximate surface area is 107 Å². The average molecular weight is 240 g/mol. The van der Waals surface area contributed by atoms with Gasteiger partial charge in [-0.2, -0.15) is 0 Å². The number of rotatable bonds is 2. The van der Waals surface area contributed by atoms with Crippen molar-refractivity contribution in [1.29, 1.82) is 0 Å². The van der Waals surface area contributed by atoms with Crippen molar-refractivity contribution in [2.75, 3.05) is 0 Å². The van der Waals surface area contributed by atoms with Crippen molar-refractivity contribution in [3.05, 3.63) is 59.7 Å². The van der Waals surface area contributed by atoms with Crippen molar-refractivity contribution in [3.63, 3.8) is 0 Å². The third-order valence-corrected chi connectivity index (χ3v) is 3.40. The average Bonchev–Trinajstić information content (AvgIpc) is 2.41. The van der Waals surface area contributed by atoms with Gasteiger partial charge >= 0.3 is 0 Å². The Bertz CT molecular complexity index is 531. The van der Waals surface area contributed by atoms with Gasteiger partial charge in [-0.3, -0.25) is 0 Å². The van der Waals surface area contributed by atoms with Crippen LogP contribution in [0.15, 0.2) is 48.5 Å². The van der Waals surface area contributed by atoms with E-state index in [1.54, 1.807) is 12.1 Å². The lowest BCUT2D eigenvalue weighted by Gasteiger charge is -2.26. The Hall–Kier alpha value is -1.96. The first-order chi connectivity index (χ1) is 8.81. The maximum atomic E-state index is 9.26. The molecule has 3 rings (SSSR count). The van der Waals surface area contributed by atoms with Crippen molar-refractivity contribution in [3.8, 4) is 11.5 Å². The Morgan fingerprint density at radius 1 is 1.06 bits per heavy atom. The number of aryl methyl sites for hydroxylation is 1. The Balaban J connectivity index is 1.71. The van der Waals surface area contributed by atoms with E-state index in [1.807, 2.05) is 24.3 Å². The molecule has 0 spiro atoms. The molecule has 0 saturated carbocycles. The number of hydrogen-bond donors (Lipinski definition) is 1. The van der Waals surface area contributed by atoms with Gasteiger partial charge in [0.15, 0.2) is 0 Å². The van der Waals surface area contributed by atoms with Crippen LogP contribution < -0.4 is 4.74 Å². The first-order valence-corrected chi connectivity index (χ1v) is 6.34. The molecule has 2 aromatic rings. The molecule has 0 unspecified atom stereocenters. The molecule has 18 heavy (non-hydrogen) atoms. The van der Waals surface area contributed by atoms with Crippen LogP contribution >= 0.6 is 0 Å². The van der Waals surface area contributed by atoms with E-state index in [-0.39, 0.29) is 6.10 Å². The number of benzene rings is 2. The van der Waals surface area contributed by atoms with Gasteiger partial charge in [0.1, 0.15) is 17.6 Å². The fraction of sp³-hybridized carbons (Fsp3) is 0.250. The zero-order valence-corrected chi connectivity index (χ0v) is 10.2. The number of ether oxygens (including phenoxy) is 1. The molecular weight excluding hydrogens is 224 g/mol. The predicted molar refractivity (Wildman–Crippen MR) is 71.0 cm³/mol. The summed E-state index contributed by atoms with van der Waals surface area (Å²) in [5.41, 5.74) is 2.51. The zero-order valence-electron chi connectivity index (χ0n) is 10.2. The van der Waals surface area contributed by atoms with Crippen LogP contribution in [0.2, 0.25) is 0 Å². The van der Waals surface area contributed by atoms with Gasteiger partial charge in [0.05, 0.1) is 0 Å². The van der Waals surface area contributed by atoms with Gasteiger partial charge in [0.25, 0.3) is 0 Å². The van der Waals surface area contributed by atoms with Crippen molar-refractivity contribution >= 4 is 0 Å². The van der Waals surface area contributed by atoms with E-state index in [9.17, 15) is 5.11 Å². The highest BCUT2D eigenvalue weighted by Gasteiger charge is 2.19. The fourth-order valence-electron chi connectivity index (χ4n) is 2.42. The molecular formula is C16H16O2. The van der Waals surface area contributed by atoms with E-state index >= 15 is 0 Å². The molecule has 2 aromatic carbocycles. The van der Waals surface area contributed by atoms with Crippen molar-refractivity contribution in [2.45, 2.75) is 25.4 Å². The second-order valence-corrected chi connectivity index (χ2v) is 4.76. The lowest BCUT2D eigenvalue weighted by Crippen LogP contribution is -2.24. The lowest BCUT2D eigenvalue weighted by molar-refractivity contribution is 0.174. The second-order valence-electron chi connectivity index (χ2n) is 4.76. The maximum absolute atomic E-state index is 9.26. The van der Waals surface area contributed by atoms with Crippen LogP contribution in [-0.2, 0) is 12.8 Å². The summed E-state index contributed by atoms with van der Waals surface area (Å²) >= 11 is 0. The van der Waals surface area contributed by atoms with Gasteiger partial charge in [-0.15, -0.1) is 0 Å². The monoisotopic (exact) mass is 240 g/mol. The molecule has 0 amide bonds. The topological polar surface area (TPSA) is 29.5 Å². The van der Waals surface area contributed by atoms with Crippen LogP contribution in [0, 0.1) is 0 Å². The van der Waals surface area contributed by atoms with Crippen LogP contribution in [0.25, 0.3) is 0 Å². The van der Waals surface area contributed by atoms with Gasteiger partial charge in [-0.05, 0) is 42.2 Å². The molecule has 0 bridgehead atoms. The molecule has 1 N–H and O–H groups in total. The molecule has 0 fully saturated rings. The van der Waals surface area contributed by atoms with E-state index in [1.165, 1.54) is 11.1 Å². The van der Waals surface area contributed by atoms with Gasteiger partial charge < -0.3 is 9.84 Å². The molecule has 1 atom stereocenters. The number of hydrogen-bond acceptors (Lipinski definition) is 2. The second kappa shape index (κ2) is 4.73. The smallest absolute Gasteiger partial charge is 0.122 e. The minimum Gasteiger partial charge on any atom is -0.508 e. The lowest BCUT2D eigenvalue weighted by atomic mass is 9.98. The van der Waals surface area contributed by atoms with E-state index in [0.717, 1.165) is 25.0 Å². The molecule has 1 heterocycles.